The molecule has 120 valence electrons. The van der Waals surface area contributed by atoms with Crippen LogP contribution in [-0.2, 0) is 11.3 Å². The topological polar surface area (TPSA) is 32.8 Å². The van der Waals surface area contributed by atoms with Gasteiger partial charge in [-0.3, -0.25) is 9.69 Å². The third-order valence-electron chi connectivity index (χ3n) is 4.39. The number of rotatable bonds is 4. The first-order chi connectivity index (χ1) is 11.2. The van der Waals surface area contributed by atoms with Gasteiger partial charge in [0.15, 0.2) is 0 Å². The SMILES string of the molecule is COc1ccc(CN2CCN(c3ccccc3)C(=O)C2C)cc1. The van der Waals surface area contributed by atoms with Gasteiger partial charge in [-0.2, -0.15) is 0 Å². The van der Waals surface area contributed by atoms with E-state index in [-0.39, 0.29) is 11.9 Å². The predicted molar refractivity (Wildman–Crippen MR) is 91.7 cm³/mol. The van der Waals surface area contributed by atoms with Crippen LogP contribution in [0.25, 0.3) is 0 Å². The number of amides is 1. The van der Waals surface area contributed by atoms with E-state index in [4.69, 9.17) is 4.74 Å². The molecule has 1 amide bonds. The molecular formula is C19H22N2O2. The second-order valence-electron chi connectivity index (χ2n) is 5.82. The molecule has 0 saturated carbocycles. The van der Waals surface area contributed by atoms with E-state index < -0.39 is 0 Å². The first kappa shape index (κ1) is 15.6. The lowest BCUT2D eigenvalue weighted by Gasteiger charge is -2.39. The fraction of sp³-hybridized carbons (Fsp3) is 0.316. The number of hydrogen-bond acceptors (Lipinski definition) is 3. The first-order valence-electron chi connectivity index (χ1n) is 7.92. The van der Waals surface area contributed by atoms with Crippen molar-refractivity contribution in [2.45, 2.75) is 19.5 Å². The zero-order chi connectivity index (χ0) is 16.2. The van der Waals surface area contributed by atoms with Crippen molar-refractivity contribution in [3.8, 4) is 5.75 Å². The van der Waals surface area contributed by atoms with Gasteiger partial charge in [0, 0.05) is 25.3 Å². The van der Waals surface area contributed by atoms with Crippen LogP contribution in [0.2, 0.25) is 0 Å². The number of carbonyl (C=O) groups is 1. The first-order valence-corrected chi connectivity index (χ1v) is 7.92. The predicted octanol–water partition coefficient (Wildman–Crippen LogP) is 2.93. The second-order valence-corrected chi connectivity index (χ2v) is 5.82. The number of ether oxygens (including phenoxy) is 1. The van der Waals surface area contributed by atoms with Crippen LogP contribution >= 0.6 is 0 Å². The lowest BCUT2D eigenvalue weighted by atomic mass is 10.1. The highest BCUT2D eigenvalue weighted by Gasteiger charge is 2.31. The molecule has 1 unspecified atom stereocenters. The summed E-state index contributed by atoms with van der Waals surface area (Å²) in [6, 6.07) is 17.8. The van der Waals surface area contributed by atoms with Crippen LogP contribution in [0.3, 0.4) is 0 Å². The molecule has 0 spiro atoms. The van der Waals surface area contributed by atoms with Crippen molar-refractivity contribution < 1.29 is 9.53 Å². The van der Waals surface area contributed by atoms with E-state index in [1.807, 2.05) is 54.3 Å². The van der Waals surface area contributed by atoms with Gasteiger partial charge >= 0.3 is 0 Å². The number of benzene rings is 2. The Morgan fingerprint density at radius 2 is 1.74 bits per heavy atom. The number of methoxy groups -OCH3 is 1. The molecule has 2 aromatic rings. The molecule has 0 N–H and O–H groups in total. The lowest BCUT2D eigenvalue weighted by Crippen LogP contribution is -2.55. The van der Waals surface area contributed by atoms with E-state index in [1.165, 1.54) is 5.56 Å². The summed E-state index contributed by atoms with van der Waals surface area (Å²) < 4.78 is 5.19. The van der Waals surface area contributed by atoms with Crippen molar-refractivity contribution in [2.24, 2.45) is 0 Å². The fourth-order valence-electron chi connectivity index (χ4n) is 2.96. The smallest absolute Gasteiger partial charge is 0.244 e. The Balaban J connectivity index is 1.68. The van der Waals surface area contributed by atoms with E-state index in [2.05, 4.69) is 17.0 Å². The van der Waals surface area contributed by atoms with E-state index in [0.29, 0.717) is 0 Å². The van der Waals surface area contributed by atoms with Crippen molar-refractivity contribution in [3.05, 3.63) is 60.2 Å². The van der Waals surface area contributed by atoms with Crippen LogP contribution in [0, 0.1) is 0 Å². The molecule has 1 atom stereocenters. The number of para-hydroxylation sites is 1. The van der Waals surface area contributed by atoms with Crippen LogP contribution < -0.4 is 9.64 Å². The summed E-state index contributed by atoms with van der Waals surface area (Å²) in [5, 5.41) is 0. The van der Waals surface area contributed by atoms with E-state index >= 15 is 0 Å². The maximum absolute atomic E-state index is 12.7. The van der Waals surface area contributed by atoms with E-state index in [0.717, 1.165) is 31.1 Å². The molecule has 1 fully saturated rings. The number of carbonyl (C=O) groups excluding carboxylic acids is 1. The minimum absolute atomic E-state index is 0.119. The Morgan fingerprint density at radius 3 is 2.39 bits per heavy atom. The van der Waals surface area contributed by atoms with Crippen molar-refractivity contribution in [1.29, 1.82) is 0 Å². The summed E-state index contributed by atoms with van der Waals surface area (Å²) in [7, 11) is 1.67. The van der Waals surface area contributed by atoms with Gasteiger partial charge in [-0.1, -0.05) is 30.3 Å². The zero-order valence-corrected chi connectivity index (χ0v) is 13.6. The maximum atomic E-state index is 12.7. The maximum Gasteiger partial charge on any atom is 0.244 e. The molecule has 4 heteroatoms. The molecule has 0 radical (unpaired) electrons. The van der Waals surface area contributed by atoms with Crippen molar-refractivity contribution in [1.82, 2.24) is 4.90 Å². The summed E-state index contributed by atoms with van der Waals surface area (Å²) in [5.41, 5.74) is 2.17. The molecule has 4 nitrogen and oxygen atoms in total. The Hall–Kier alpha value is -2.33. The van der Waals surface area contributed by atoms with Gasteiger partial charge in [-0.25, -0.2) is 0 Å². The molecule has 1 saturated heterocycles. The van der Waals surface area contributed by atoms with Crippen LogP contribution in [0.1, 0.15) is 12.5 Å². The molecule has 2 aromatic carbocycles. The quantitative estimate of drug-likeness (QED) is 0.870. The zero-order valence-electron chi connectivity index (χ0n) is 13.6. The minimum atomic E-state index is -0.119. The molecule has 1 heterocycles. The second kappa shape index (κ2) is 6.84. The average molecular weight is 310 g/mol. The molecule has 0 aliphatic carbocycles. The fourth-order valence-corrected chi connectivity index (χ4v) is 2.96. The van der Waals surface area contributed by atoms with E-state index in [9.17, 15) is 4.79 Å². The molecule has 23 heavy (non-hydrogen) atoms. The summed E-state index contributed by atoms with van der Waals surface area (Å²) in [6.45, 7) is 4.36. The van der Waals surface area contributed by atoms with Crippen molar-refractivity contribution in [2.75, 3.05) is 25.1 Å². The third-order valence-corrected chi connectivity index (χ3v) is 4.39. The molecular weight excluding hydrogens is 288 g/mol. The number of hydrogen-bond donors (Lipinski definition) is 0. The van der Waals surface area contributed by atoms with Gasteiger partial charge in [0.2, 0.25) is 5.91 Å². The number of piperazine rings is 1. The number of anilines is 1. The largest absolute Gasteiger partial charge is 0.497 e. The highest BCUT2D eigenvalue weighted by atomic mass is 16.5. The molecule has 3 rings (SSSR count). The highest BCUT2D eigenvalue weighted by molar-refractivity contribution is 5.97. The molecule has 1 aliphatic rings. The van der Waals surface area contributed by atoms with Gasteiger partial charge in [0.05, 0.1) is 13.2 Å². The molecule has 1 aliphatic heterocycles. The van der Waals surface area contributed by atoms with Gasteiger partial charge in [0.25, 0.3) is 0 Å². The normalized spacial score (nSPS) is 19.0. The summed E-state index contributed by atoms with van der Waals surface area (Å²) in [6.07, 6.45) is 0. The highest BCUT2D eigenvalue weighted by Crippen LogP contribution is 2.22. The van der Waals surface area contributed by atoms with E-state index in [1.54, 1.807) is 7.11 Å². The van der Waals surface area contributed by atoms with Crippen molar-refractivity contribution in [3.63, 3.8) is 0 Å². The van der Waals surface area contributed by atoms with Gasteiger partial charge in [0.1, 0.15) is 5.75 Å². The Morgan fingerprint density at radius 1 is 1.04 bits per heavy atom. The monoisotopic (exact) mass is 310 g/mol. The summed E-state index contributed by atoms with van der Waals surface area (Å²) in [5.74, 6) is 1.02. The Labute approximate surface area is 137 Å². The molecule has 0 aromatic heterocycles. The van der Waals surface area contributed by atoms with Gasteiger partial charge in [-0.15, -0.1) is 0 Å². The minimum Gasteiger partial charge on any atom is -0.497 e. The lowest BCUT2D eigenvalue weighted by molar-refractivity contribution is -0.125. The van der Waals surface area contributed by atoms with Crippen LogP contribution in [0.5, 0.6) is 5.75 Å². The van der Waals surface area contributed by atoms with Gasteiger partial charge < -0.3 is 9.64 Å². The van der Waals surface area contributed by atoms with Gasteiger partial charge in [-0.05, 0) is 36.8 Å². The standard InChI is InChI=1S/C19H22N2O2/c1-15-19(22)21(17-6-4-3-5-7-17)13-12-20(15)14-16-8-10-18(23-2)11-9-16/h3-11,15H,12-14H2,1-2H3. The van der Waals surface area contributed by atoms with Crippen LogP contribution in [-0.4, -0.2) is 37.0 Å². The molecule has 0 bridgehead atoms. The summed E-state index contributed by atoms with van der Waals surface area (Å²) in [4.78, 5) is 16.8. The third kappa shape index (κ3) is 3.37. The van der Waals surface area contributed by atoms with Crippen LogP contribution in [0.4, 0.5) is 5.69 Å². The van der Waals surface area contributed by atoms with Crippen LogP contribution in [0.15, 0.2) is 54.6 Å². The van der Waals surface area contributed by atoms with Crippen molar-refractivity contribution >= 4 is 11.6 Å². The average Bonchev–Trinajstić information content (AvgIpc) is 2.60. The Bertz CT molecular complexity index is 655. The summed E-state index contributed by atoms with van der Waals surface area (Å²) >= 11 is 0. The Kier molecular flexibility index (Phi) is 4.63. The number of nitrogens with zero attached hydrogens (tertiary/aromatic N) is 2.